The summed E-state index contributed by atoms with van der Waals surface area (Å²) in [7, 11) is 5.66. The fourth-order valence-corrected chi connectivity index (χ4v) is 7.16. The molecule has 0 radical (unpaired) electrons. The van der Waals surface area contributed by atoms with Crippen LogP contribution in [0.4, 0.5) is 0 Å². The van der Waals surface area contributed by atoms with Crippen LogP contribution in [0.3, 0.4) is 0 Å². The summed E-state index contributed by atoms with van der Waals surface area (Å²) in [4.78, 5) is 0. The molecule has 0 unspecified atom stereocenters. The van der Waals surface area contributed by atoms with Crippen molar-refractivity contribution in [2.24, 2.45) is 11.8 Å². The lowest BCUT2D eigenvalue weighted by Gasteiger charge is -2.39. The highest BCUT2D eigenvalue weighted by Crippen LogP contribution is 2.54. The van der Waals surface area contributed by atoms with E-state index >= 15 is 0 Å². The molecule has 6 rings (SSSR count). The molecule has 0 aromatic heterocycles. The van der Waals surface area contributed by atoms with Gasteiger partial charge < -0.3 is 88.2 Å². The van der Waals surface area contributed by atoms with Gasteiger partial charge in [0.15, 0.2) is 23.0 Å². The number of fused-ring (bicyclic) bond motifs is 1. The lowest BCUT2D eigenvalue weighted by atomic mass is 9.84. The van der Waals surface area contributed by atoms with E-state index < -0.39 is 86.8 Å². The molecule has 0 spiro atoms. The third-order valence-electron chi connectivity index (χ3n) is 10.1. The minimum absolute atomic E-state index is 0.0541. The van der Waals surface area contributed by atoms with E-state index in [-0.39, 0.29) is 46.3 Å². The molecule has 4 aliphatic rings. The minimum atomic E-state index is -1.65. The zero-order valence-electron chi connectivity index (χ0n) is 28.9. The lowest BCUT2D eigenvalue weighted by Crippen LogP contribution is -2.60. The van der Waals surface area contributed by atoms with Crippen molar-refractivity contribution in [2.45, 2.75) is 73.6 Å². The Labute approximate surface area is 298 Å². The van der Waals surface area contributed by atoms with Crippen LogP contribution in [-0.4, -0.2) is 157 Å². The van der Waals surface area contributed by atoms with Gasteiger partial charge in [-0.25, -0.2) is 0 Å². The largest absolute Gasteiger partial charge is 0.493 e. The zero-order chi connectivity index (χ0) is 37.4. The zero-order valence-corrected chi connectivity index (χ0v) is 28.9. The van der Waals surface area contributed by atoms with Crippen molar-refractivity contribution < 1.29 is 88.2 Å². The molecule has 18 heteroatoms. The van der Waals surface area contributed by atoms with Crippen LogP contribution in [0.15, 0.2) is 24.3 Å². The van der Waals surface area contributed by atoms with Gasteiger partial charge in [-0.1, -0.05) is 0 Å². The summed E-state index contributed by atoms with van der Waals surface area (Å²) in [5, 5.41) is 81.0. The predicted molar refractivity (Wildman–Crippen MR) is 172 cm³/mol. The second-order valence-corrected chi connectivity index (χ2v) is 13.0. The number of aliphatic hydroxyl groups is 8. The predicted octanol–water partition coefficient (Wildman–Crippen LogP) is -1.85. The summed E-state index contributed by atoms with van der Waals surface area (Å²) in [6.45, 7) is -0.604. The van der Waals surface area contributed by atoms with Gasteiger partial charge in [-0.05, 0) is 35.4 Å². The van der Waals surface area contributed by atoms with E-state index in [0.717, 1.165) is 0 Å². The Morgan fingerprint density at radius 3 is 1.13 bits per heavy atom. The van der Waals surface area contributed by atoms with Gasteiger partial charge in [-0.3, -0.25) is 0 Å². The first kappa shape index (κ1) is 38.5. The fraction of sp³-hybridized carbons (Fsp3) is 0.647. The Bertz CT molecular complexity index is 1360. The van der Waals surface area contributed by atoms with Crippen molar-refractivity contribution in [1.82, 2.24) is 0 Å². The van der Waals surface area contributed by atoms with Crippen LogP contribution in [-0.2, 0) is 18.9 Å². The molecule has 4 heterocycles. The van der Waals surface area contributed by atoms with E-state index in [0.29, 0.717) is 24.3 Å². The Balaban J connectivity index is 1.22. The molecular weight excluding hydrogens is 696 g/mol. The first-order valence-corrected chi connectivity index (χ1v) is 16.7. The summed E-state index contributed by atoms with van der Waals surface area (Å²) in [6, 6.07) is 6.78. The maximum absolute atomic E-state index is 10.5. The third-order valence-corrected chi connectivity index (χ3v) is 10.1. The maximum atomic E-state index is 10.5. The second kappa shape index (κ2) is 16.0. The van der Waals surface area contributed by atoms with Gasteiger partial charge in [0.25, 0.3) is 0 Å². The highest BCUT2D eigenvalue weighted by molar-refractivity contribution is 5.56. The van der Waals surface area contributed by atoms with Crippen LogP contribution >= 0.6 is 0 Å². The molecule has 2 aromatic rings. The number of aliphatic hydroxyl groups excluding tert-OH is 8. The van der Waals surface area contributed by atoms with E-state index in [1.165, 1.54) is 28.4 Å². The van der Waals surface area contributed by atoms with Gasteiger partial charge in [-0.2, -0.15) is 0 Å². The Hall–Kier alpha value is -3.24. The molecule has 4 aliphatic heterocycles. The van der Waals surface area contributed by atoms with Crippen molar-refractivity contribution >= 4 is 0 Å². The van der Waals surface area contributed by atoms with E-state index in [4.69, 9.17) is 47.4 Å². The average molecular weight is 743 g/mol. The summed E-state index contributed by atoms with van der Waals surface area (Å²) in [5.41, 5.74) is 1.37. The van der Waals surface area contributed by atoms with Crippen molar-refractivity contribution in [3.63, 3.8) is 0 Å². The summed E-state index contributed by atoms with van der Waals surface area (Å²) in [5.74, 6) is 0.683. The number of benzene rings is 2. The van der Waals surface area contributed by atoms with Gasteiger partial charge >= 0.3 is 0 Å². The van der Waals surface area contributed by atoms with E-state index in [1.807, 2.05) is 0 Å². The fourth-order valence-electron chi connectivity index (χ4n) is 7.16. The molecule has 4 fully saturated rings. The van der Waals surface area contributed by atoms with Crippen LogP contribution < -0.4 is 28.4 Å². The SMILES string of the molecule is COc1cc([C@H]2OC[C@@H]3[C@@H]2CO[C@@H]3c2cc(OC)c(O[C@H]3O[C@@H](CO)[C@H](O)[C@@H](O)[C@@H]3O)c(OC)c2)cc(OC)c1O[C@@H]1O[C@H](CO)[C@@H](O)[C@H](O)[C@@H]1O. The standard InChI is InChI=1S/C34H46O18/c1-43-17-5-13(6-18(44-2)31(17)51-33-27(41)25(39)23(37)21(9-35)49-33)29-15-11-48-30(16(15)12-47-29)14-7-19(45-3)32(20(8-14)46-4)52-34-28(42)26(40)24(38)22(10-36)50-34/h5-8,15-16,21-30,33-42H,9-12H2,1-4H3/t15-,16+,21+,22-,23+,24-,25-,26+,27-,28-,29+,30+,33-,34+/m0/s1. The molecule has 2 aromatic carbocycles. The van der Waals surface area contributed by atoms with Crippen molar-refractivity contribution in [1.29, 1.82) is 0 Å². The molecule has 0 aliphatic carbocycles. The maximum Gasteiger partial charge on any atom is 0.229 e. The van der Waals surface area contributed by atoms with Crippen LogP contribution in [0.25, 0.3) is 0 Å². The van der Waals surface area contributed by atoms with Crippen LogP contribution in [0.5, 0.6) is 34.5 Å². The van der Waals surface area contributed by atoms with Crippen molar-refractivity contribution in [3.8, 4) is 34.5 Å². The quantitative estimate of drug-likeness (QED) is 0.119. The van der Waals surface area contributed by atoms with Gasteiger partial charge in [-0.15, -0.1) is 0 Å². The van der Waals surface area contributed by atoms with E-state index in [2.05, 4.69) is 0 Å². The monoisotopic (exact) mass is 742 g/mol. The summed E-state index contributed by atoms with van der Waals surface area (Å²) >= 11 is 0. The molecule has 52 heavy (non-hydrogen) atoms. The topological polar surface area (TPSA) is 254 Å². The normalized spacial score (nSPS) is 37.3. The van der Waals surface area contributed by atoms with E-state index in [1.54, 1.807) is 24.3 Å². The second-order valence-electron chi connectivity index (χ2n) is 13.0. The highest BCUT2D eigenvalue weighted by atomic mass is 16.7. The Kier molecular flexibility index (Phi) is 11.8. The number of ether oxygens (including phenoxy) is 10. The molecule has 0 saturated carbocycles. The highest BCUT2D eigenvalue weighted by Gasteiger charge is 2.50. The van der Waals surface area contributed by atoms with Crippen LogP contribution in [0.1, 0.15) is 23.3 Å². The first-order valence-electron chi connectivity index (χ1n) is 16.7. The molecule has 290 valence electrons. The smallest absolute Gasteiger partial charge is 0.229 e. The number of rotatable bonds is 12. The molecule has 0 amide bonds. The van der Waals surface area contributed by atoms with Gasteiger partial charge in [0.1, 0.15) is 48.8 Å². The number of hydrogen-bond donors (Lipinski definition) is 8. The van der Waals surface area contributed by atoms with Crippen LogP contribution in [0.2, 0.25) is 0 Å². The molecule has 0 bridgehead atoms. The first-order chi connectivity index (χ1) is 25.0. The lowest BCUT2D eigenvalue weighted by molar-refractivity contribution is -0.277. The molecule has 8 N–H and O–H groups in total. The summed E-state index contributed by atoms with van der Waals surface area (Å²) in [6.07, 6.45) is -15.9. The van der Waals surface area contributed by atoms with Gasteiger partial charge in [0, 0.05) is 11.8 Å². The number of hydrogen-bond acceptors (Lipinski definition) is 18. The van der Waals surface area contributed by atoms with Gasteiger partial charge in [0.05, 0.1) is 67.1 Å². The van der Waals surface area contributed by atoms with Crippen molar-refractivity contribution in [3.05, 3.63) is 35.4 Å². The van der Waals surface area contributed by atoms with Gasteiger partial charge in [0.2, 0.25) is 24.1 Å². The Morgan fingerprint density at radius 2 is 0.846 bits per heavy atom. The molecule has 4 saturated heterocycles. The third kappa shape index (κ3) is 6.94. The Morgan fingerprint density at radius 1 is 0.519 bits per heavy atom. The minimum Gasteiger partial charge on any atom is -0.493 e. The summed E-state index contributed by atoms with van der Waals surface area (Å²) < 4.78 is 58.0. The average Bonchev–Trinajstić information content (AvgIpc) is 3.78. The van der Waals surface area contributed by atoms with E-state index in [9.17, 15) is 40.9 Å². The number of methoxy groups -OCH3 is 4. The molecule has 14 atom stereocenters. The van der Waals surface area contributed by atoms with Crippen LogP contribution in [0, 0.1) is 11.8 Å². The molecule has 18 nitrogen and oxygen atoms in total. The van der Waals surface area contributed by atoms with Crippen molar-refractivity contribution in [2.75, 3.05) is 54.9 Å². The molecular formula is C34H46O18.